The van der Waals surface area contributed by atoms with E-state index >= 15 is 0 Å². The second-order valence-electron chi connectivity index (χ2n) is 7.68. The summed E-state index contributed by atoms with van der Waals surface area (Å²) in [4.78, 5) is 13.1. The molecule has 1 fully saturated rings. The van der Waals surface area contributed by atoms with Gasteiger partial charge >= 0.3 is 5.97 Å². The van der Waals surface area contributed by atoms with Crippen molar-refractivity contribution in [1.82, 2.24) is 0 Å². The van der Waals surface area contributed by atoms with E-state index in [1.165, 1.54) is 16.0 Å². The number of benzene rings is 1. The molecule has 0 unspecified atom stereocenters. The lowest BCUT2D eigenvalue weighted by molar-refractivity contribution is -0.908. The van der Waals surface area contributed by atoms with Gasteiger partial charge in [0.05, 0.1) is 25.6 Å². The highest BCUT2D eigenvalue weighted by atomic mass is 16.5. The zero-order chi connectivity index (χ0) is 19.1. The number of likely N-dealkylation sites (tertiary alicyclic amines) is 1. The van der Waals surface area contributed by atoms with Crippen LogP contribution < -0.4 is 9.64 Å². The highest BCUT2D eigenvalue weighted by Gasteiger charge is 2.29. The van der Waals surface area contributed by atoms with Crippen molar-refractivity contribution in [3.05, 3.63) is 29.3 Å². The number of aliphatic hydroxyl groups is 1. The molecule has 0 bridgehead atoms. The lowest BCUT2D eigenvalue weighted by Gasteiger charge is -2.29. The van der Waals surface area contributed by atoms with Gasteiger partial charge in [-0.25, -0.2) is 0 Å². The van der Waals surface area contributed by atoms with Crippen LogP contribution in [0.2, 0.25) is 0 Å². The first-order valence-electron chi connectivity index (χ1n) is 9.81. The Labute approximate surface area is 157 Å². The maximum absolute atomic E-state index is 11.8. The average Bonchev–Trinajstić information content (AvgIpc) is 2.60. The van der Waals surface area contributed by atoms with Crippen molar-refractivity contribution >= 4 is 5.97 Å². The van der Waals surface area contributed by atoms with Crippen molar-refractivity contribution in [3.63, 3.8) is 0 Å². The lowest BCUT2D eigenvalue weighted by atomic mass is 9.97. The van der Waals surface area contributed by atoms with Gasteiger partial charge in [-0.3, -0.25) is 4.79 Å². The molecule has 1 aliphatic rings. The van der Waals surface area contributed by atoms with Crippen molar-refractivity contribution < 1.29 is 24.3 Å². The normalized spacial score (nSPS) is 21.5. The Morgan fingerprint density at radius 3 is 2.58 bits per heavy atom. The Hall–Kier alpha value is -1.59. The fourth-order valence-electron chi connectivity index (χ4n) is 3.50. The summed E-state index contributed by atoms with van der Waals surface area (Å²) in [7, 11) is 0. The Morgan fingerprint density at radius 2 is 1.96 bits per heavy atom. The molecular formula is C21H34NO4+. The summed E-state index contributed by atoms with van der Waals surface area (Å²) in [6.45, 7) is 11.4. The lowest BCUT2D eigenvalue weighted by Crippen LogP contribution is -3.14. The molecule has 2 N–H and O–H groups in total. The van der Waals surface area contributed by atoms with E-state index in [-0.39, 0.29) is 11.9 Å². The number of esters is 1. The fourth-order valence-corrected chi connectivity index (χ4v) is 3.50. The number of hydrogen-bond acceptors (Lipinski definition) is 4. The van der Waals surface area contributed by atoms with Gasteiger partial charge < -0.3 is 19.5 Å². The summed E-state index contributed by atoms with van der Waals surface area (Å²) < 4.78 is 10.9. The van der Waals surface area contributed by atoms with Crippen LogP contribution in [0.4, 0.5) is 0 Å². The van der Waals surface area contributed by atoms with E-state index in [1.54, 1.807) is 0 Å². The average molecular weight is 365 g/mol. The van der Waals surface area contributed by atoms with Gasteiger partial charge in [0, 0.05) is 12.8 Å². The molecule has 0 spiro atoms. The fraction of sp³-hybridized carbons (Fsp3) is 0.667. The number of quaternary nitrogens is 1. The quantitative estimate of drug-likeness (QED) is 0.690. The van der Waals surface area contributed by atoms with Gasteiger partial charge in [0.15, 0.2) is 0 Å². The molecule has 0 amide bonds. The minimum atomic E-state index is -0.507. The molecule has 1 aromatic carbocycles. The van der Waals surface area contributed by atoms with Crippen LogP contribution in [0.25, 0.3) is 0 Å². The van der Waals surface area contributed by atoms with Gasteiger partial charge in [-0.15, -0.1) is 0 Å². The summed E-state index contributed by atoms with van der Waals surface area (Å²) in [5, 5.41) is 10.3. The van der Waals surface area contributed by atoms with Crippen LogP contribution in [-0.2, 0) is 9.53 Å². The van der Waals surface area contributed by atoms with Crippen LogP contribution in [0.3, 0.4) is 0 Å². The Balaban J connectivity index is 1.76. The molecule has 26 heavy (non-hydrogen) atoms. The summed E-state index contributed by atoms with van der Waals surface area (Å²) in [6.07, 6.45) is 1.15. The number of carbonyl (C=O) groups excluding carboxylic acids is 1. The van der Waals surface area contributed by atoms with E-state index in [2.05, 4.69) is 32.9 Å². The zero-order valence-corrected chi connectivity index (χ0v) is 16.6. The van der Waals surface area contributed by atoms with Crippen LogP contribution in [0, 0.1) is 12.8 Å². The number of aliphatic hydroxyl groups excluding tert-OH is 1. The Morgan fingerprint density at radius 1 is 1.27 bits per heavy atom. The smallest absolute Gasteiger partial charge is 0.309 e. The van der Waals surface area contributed by atoms with Crippen LogP contribution >= 0.6 is 0 Å². The van der Waals surface area contributed by atoms with Crippen molar-refractivity contribution in [3.8, 4) is 5.75 Å². The van der Waals surface area contributed by atoms with E-state index < -0.39 is 6.10 Å². The van der Waals surface area contributed by atoms with E-state index in [9.17, 15) is 9.90 Å². The zero-order valence-electron chi connectivity index (χ0n) is 16.6. The van der Waals surface area contributed by atoms with Crippen LogP contribution in [0.5, 0.6) is 5.75 Å². The van der Waals surface area contributed by atoms with Crippen LogP contribution in [0.15, 0.2) is 18.2 Å². The van der Waals surface area contributed by atoms with Gasteiger partial charge in [-0.05, 0) is 43.0 Å². The second-order valence-corrected chi connectivity index (χ2v) is 7.68. The molecule has 1 saturated heterocycles. The molecule has 5 heteroatoms. The Bertz CT molecular complexity index is 579. The summed E-state index contributed by atoms with van der Waals surface area (Å²) in [5.41, 5.74) is 2.42. The first-order valence-corrected chi connectivity index (χ1v) is 9.81. The van der Waals surface area contributed by atoms with E-state index in [0.717, 1.165) is 31.7 Å². The van der Waals surface area contributed by atoms with Crippen LogP contribution in [-0.4, -0.2) is 50.0 Å². The topological polar surface area (TPSA) is 60.2 Å². The molecule has 1 heterocycles. The van der Waals surface area contributed by atoms with Crippen molar-refractivity contribution in [1.29, 1.82) is 0 Å². The highest BCUT2D eigenvalue weighted by molar-refractivity contribution is 5.72. The largest absolute Gasteiger partial charge is 0.491 e. The van der Waals surface area contributed by atoms with E-state index in [1.807, 2.05) is 13.0 Å². The molecule has 2 rings (SSSR count). The monoisotopic (exact) mass is 364 g/mol. The van der Waals surface area contributed by atoms with Crippen molar-refractivity contribution in [2.45, 2.75) is 52.6 Å². The van der Waals surface area contributed by atoms with Crippen LogP contribution in [0.1, 0.15) is 50.7 Å². The molecule has 0 aromatic heterocycles. The van der Waals surface area contributed by atoms with Gasteiger partial charge in [-0.1, -0.05) is 19.9 Å². The summed E-state index contributed by atoms with van der Waals surface area (Å²) in [5.74, 6) is 1.22. The molecule has 0 aliphatic carbocycles. The molecular weight excluding hydrogens is 330 g/mol. The first kappa shape index (κ1) is 20.7. The van der Waals surface area contributed by atoms with Gasteiger partial charge in [-0.2, -0.15) is 0 Å². The van der Waals surface area contributed by atoms with Crippen molar-refractivity contribution in [2.75, 3.05) is 32.8 Å². The summed E-state index contributed by atoms with van der Waals surface area (Å²) >= 11 is 0. The van der Waals surface area contributed by atoms with E-state index in [4.69, 9.17) is 9.47 Å². The molecule has 5 nitrogen and oxygen atoms in total. The first-order chi connectivity index (χ1) is 12.4. The standard InChI is InChI=1S/C21H33NO4/c1-5-25-21(24)17-6-8-22(9-7-17)13-19(23)14-26-20-11-16(4)10-18(12-20)15(2)3/h10-12,15,17,19,23H,5-9,13-14H2,1-4H3/p+1/t19-/m0/s1. The number of hydrogen-bond donors (Lipinski definition) is 2. The molecule has 0 radical (unpaired) electrons. The minimum absolute atomic E-state index is 0.0221. The molecule has 146 valence electrons. The minimum Gasteiger partial charge on any atom is -0.491 e. The van der Waals surface area contributed by atoms with Crippen molar-refractivity contribution in [2.24, 2.45) is 5.92 Å². The SMILES string of the molecule is CCOC(=O)C1CC[NH+](C[C@H](O)COc2cc(C)cc(C(C)C)c2)CC1. The molecule has 1 atom stereocenters. The number of aryl methyl sites for hydroxylation is 1. The Kier molecular flexibility index (Phi) is 7.91. The predicted octanol–water partition coefficient (Wildman–Crippen LogP) is 1.72. The van der Waals surface area contributed by atoms with Gasteiger partial charge in [0.25, 0.3) is 0 Å². The molecule has 1 aromatic rings. The third kappa shape index (κ3) is 6.29. The molecule has 0 saturated carbocycles. The second kappa shape index (κ2) is 9.93. The maximum Gasteiger partial charge on any atom is 0.309 e. The maximum atomic E-state index is 11.8. The number of piperidine rings is 1. The van der Waals surface area contributed by atoms with E-state index in [0.29, 0.717) is 25.7 Å². The summed E-state index contributed by atoms with van der Waals surface area (Å²) in [6, 6.07) is 6.24. The number of carbonyl (C=O) groups is 1. The molecule has 1 aliphatic heterocycles. The highest BCUT2D eigenvalue weighted by Crippen LogP contribution is 2.22. The number of nitrogens with one attached hydrogen (secondary N) is 1. The van der Waals surface area contributed by atoms with Gasteiger partial charge in [0.1, 0.15) is 25.0 Å². The third-order valence-electron chi connectivity index (χ3n) is 5.02. The number of rotatable bonds is 8. The third-order valence-corrected chi connectivity index (χ3v) is 5.02. The van der Waals surface area contributed by atoms with Gasteiger partial charge in [0.2, 0.25) is 0 Å². The number of ether oxygens (including phenoxy) is 2. The predicted molar refractivity (Wildman–Crippen MR) is 102 cm³/mol.